The van der Waals surface area contributed by atoms with Gasteiger partial charge in [-0.25, -0.2) is 0 Å². The smallest absolute Gasteiger partial charge is 0.317 e. The molecule has 246 valence electrons. The molecule has 0 radical (unpaired) electrons. The molecule has 1 aromatic rings. The maximum absolute atomic E-state index is 9.76. The second-order valence-corrected chi connectivity index (χ2v) is 10.5. The van der Waals surface area contributed by atoms with E-state index < -0.39 is 35.7 Å². The molecule has 42 heavy (non-hydrogen) atoms. The summed E-state index contributed by atoms with van der Waals surface area (Å²) in [5.74, 6) is -7.82. The minimum absolute atomic E-state index is 0. The molecule has 0 bridgehead atoms. The van der Waals surface area contributed by atoms with Crippen molar-refractivity contribution in [3.8, 4) is 0 Å². The topological polar surface area (TPSA) is 225 Å². The van der Waals surface area contributed by atoms with Gasteiger partial charge in [0.25, 0.3) is 0 Å². The molecule has 0 unspecified atom stereocenters. The Morgan fingerprint density at radius 3 is 1.12 bits per heavy atom. The van der Waals surface area contributed by atoms with E-state index in [0.717, 1.165) is 39.8 Å². The van der Waals surface area contributed by atoms with Crippen molar-refractivity contribution in [2.75, 3.05) is 0 Å². The molecule has 0 amide bonds. The van der Waals surface area contributed by atoms with Crippen LogP contribution in [0, 0.1) is 11.8 Å². The zero-order valence-electron chi connectivity index (χ0n) is 24.1. The SMILES string of the molecule is CC(C(=O)O)C(=O)O.CC(C(=O)O)C(=O)O.N[C@@H]1CCCC[C@H]1NCc1ccc(CN[C@H]2CCCC[C@@H]2N)cc1.[Pt].[Pt]. The number of nitrogens with two attached hydrogens (primary N) is 2. The molecule has 0 saturated heterocycles. The number of carboxylic acids is 4. The predicted octanol–water partition coefficient (Wildman–Crippen LogP) is 1.98. The van der Waals surface area contributed by atoms with Gasteiger partial charge in [0.2, 0.25) is 0 Å². The van der Waals surface area contributed by atoms with Crippen LogP contribution in [0.1, 0.15) is 76.3 Å². The molecule has 14 heteroatoms. The Labute approximate surface area is 276 Å². The van der Waals surface area contributed by atoms with Crippen LogP contribution < -0.4 is 22.1 Å². The van der Waals surface area contributed by atoms with Crippen LogP contribution in [0.5, 0.6) is 0 Å². The number of nitrogens with one attached hydrogen (secondary N) is 2. The number of hydrogen-bond donors (Lipinski definition) is 8. The number of carbonyl (C=O) groups is 4. The molecular weight excluding hydrogens is 910 g/mol. The zero-order chi connectivity index (χ0) is 30.2. The van der Waals surface area contributed by atoms with E-state index in [9.17, 15) is 19.2 Å². The molecule has 2 aliphatic carbocycles. The van der Waals surface area contributed by atoms with Crippen molar-refractivity contribution < 1.29 is 81.7 Å². The average Bonchev–Trinajstić information content (AvgIpc) is 2.92. The van der Waals surface area contributed by atoms with Crippen LogP contribution in [0.2, 0.25) is 0 Å². The zero-order valence-corrected chi connectivity index (χ0v) is 28.6. The first-order valence-corrected chi connectivity index (χ1v) is 13.8. The number of benzene rings is 1. The molecule has 0 heterocycles. The van der Waals surface area contributed by atoms with Crippen molar-refractivity contribution in [1.29, 1.82) is 0 Å². The summed E-state index contributed by atoms with van der Waals surface area (Å²) in [4.78, 5) is 39.0. The van der Waals surface area contributed by atoms with Gasteiger partial charge in [-0.1, -0.05) is 49.9 Å². The van der Waals surface area contributed by atoms with E-state index in [1.54, 1.807) is 0 Å². The van der Waals surface area contributed by atoms with Crippen LogP contribution in [-0.4, -0.2) is 68.5 Å². The Balaban J connectivity index is 0. The van der Waals surface area contributed by atoms with Crippen LogP contribution in [0.25, 0.3) is 0 Å². The molecule has 3 rings (SSSR count). The summed E-state index contributed by atoms with van der Waals surface area (Å²) in [5.41, 5.74) is 15.1. The third-order valence-corrected chi connectivity index (χ3v) is 7.28. The molecule has 2 saturated carbocycles. The summed E-state index contributed by atoms with van der Waals surface area (Å²) >= 11 is 0. The van der Waals surface area contributed by atoms with Crippen LogP contribution >= 0.6 is 0 Å². The molecule has 0 aliphatic heterocycles. The minimum atomic E-state index is -1.31. The van der Waals surface area contributed by atoms with E-state index in [4.69, 9.17) is 31.9 Å². The van der Waals surface area contributed by atoms with Crippen molar-refractivity contribution in [3.05, 3.63) is 35.4 Å². The fourth-order valence-corrected chi connectivity index (χ4v) is 4.31. The van der Waals surface area contributed by atoms with Crippen LogP contribution in [-0.2, 0) is 74.4 Å². The van der Waals surface area contributed by atoms with Crippen LogP contribution in [0.3, 0.4) is 0 Å². The molecule has 2 fully saturated rings. The number of carboxylic acid groups (broad SMARTS) is 4. The maximum atomic E-state index is 9.76. The number of rotatable bonds is 10. The van der Waals surface area contributed by atoms with Crippen LogP contribution in [0.15, 0.2) is 24.3 Å². The summed E-state index contributed by atoms with van der Waals surface area (Å²) in [6, 6.07) is 10.5. The van der Waals surface area contributed by atoms with Gasteiger partial charge in [-0.05, 0) is 50.7 Å². The van der Waals surface area contributed by atoms with Crippen LogP contribution in [0.4, 0.5) is 0 Å². The molecule has 10 N–H and O–H groups in total. The third kappa shape index (κ3) is 16.8. The van der Waals surface area contributed by atoms with Crippen molar-refractivity contribution in [1.82, 2.24) is 10.6 Å². The molecule has 0 aromatic heterocycles. The van der Waals surface area contributed by atoms with E-state index in [0.29, 0.717) is 24.2 Å². The Morgan fingerprint density at radius 1 is 0.643 bits per heavy atom. The van der Waals surface area contributed by atoms with Gasteiger partial charge in [0.1, 0.15) is 0 Å². The van der Waals surface area contributed by atoms with Crippen molar-refractivity contribution in [2.45, 2.75) is 102 Å². The predicted molar refractivity (Wildman–Crippen MR) is 149 cm³/mol. The summed E-state index contributed by atoms with van der Waals surface area (Å²) in [5, 5.41) is 39.2. The Bertz CT molecular complexity index is 851. The van der Waals surface area contributed by atoms with E-state index in [-0.39, 0.29) is 42.1 Å². The molecule has 2 aliphatic rings. The van der Waals surface area contributed by atoms with Crippen molar-refractivity contribution >= 4 is 23.9 Å². The maximum Gasteiger partial charge on any atom is 0.317 e. The molecule has 1 aromatic carbocycles. The molecule has 4 atom stereocenters. The summed E-state index contributed by atoms with van der Waals surface area (Å²) in [6.07, 6.45) is 9.92. The van der Waals surface area contributed by atoms with Crippen molar-refractivity contribution in [2.24, 2.45) is 23.3 Å². The van der Waals surface area contributed by atoms with E-state index in [2.05, 4.69) is 34.9 Å². The monoisotopic (exact) mass is 956 g/mol. The Hall–Kier alpha value is -1.68. The first-order valence-electron chi connectivity index (χ1n) is 13.8. The average molecular weight is 957 g/mol. The van der Waals surface area contributed by atoms with Gasteiger partial charge in [-0.15, -0.1) is 0 Å². The van der Waals surface area contributed by atoms with Gasteiger partial charge >= 0.3 is 23.9 Å². The molecular formula is C28H46N4O8Pt2. The second kappa shape index (κ2) is 22.8. The fraction of sp³-hybridized carbons (Fsp3) is 0.643. The molecule has 0 spiro atoms. The van der Waals surface area contributed by atoms with Gasteiger partial charge < -0.3 is 42.5 Å². The fourth-order valence-electron chi connectivity index (χ4n) is 4.31. The first kappa shape index (κ1) is 42.4. The normalized spacial score (nSPS) is 21.3. The third-order valence-electron chi connectivity index (χ3n) is 7.28. The van der Waals surface area contributed by atoms with Gasteiger partial charge in [0, 0.05) is 79.4 Å². The quantitative estimate of drug-likeness (QED) is 0.158. The number of aliphatic carboxylic acids is 4. The van der Waals surface area contributed by atoms with E-state index in [1.807, 2.05) is 0 Å². The van der Waals surface area contributed by atoms with Gasteiger partial charge in [-0.3, -0.25) is 19.2 Å². The van der Waals surface area contributed by atoms with Gasteiger partial charge in [0.05, 0.1) is 0 Å². The summed E-state index contributed by atoms with van der Waals surface area (Å²) in [7, 11) is 0. The van der Waals surface area contributed by atoms with E-state index >= 15 is 0 Å². The van der Waals surface area contributed by atoms with Gasteiger partial charge in [0.15, 0.2) is 11.8 Å². The standard InChI is InChI=1S/C20H34N4.2C4H6O4.2Pt/c21-17-5-1-3-7-19(17)23-13-15-9-11-16(12-10-15)14-24-20-8-4-2-6-18(20)22;2*1-2(3(5)6)4(7)8;;/h9-12,17-20,23-24H,1-8,13-14,21-22H2;2*2H,1H3,(H,5,6)(H,7,8);;/t17-,18+,19-,20+;;;;. The summed E-state index contributed by atoms with van der Waals surface area (Å²) < 4.78 is 0. The second-order valence-electron chi connectivity index (χ2n) is 10.5. The number of hydrogen-bond acceptors (Lipinski definition) is 8. The van der Waals surface area contributed by atoms with Crippen molar-refractivity contribution in [3.63, 3.8) is 0 Å². The minimum Gasteiger partial charge on any atom is -0.481 e. The Morgan fingerprint density at radius 2 is 0.905 bits per heavy atom. The largest absolute Gasteiger partial charge is 0.481 e. The summed E-state index contributed by atoms with van der Waals surface area (Å²) in [6.45, 7) is 4.06. The Kier molecular flexibility index (Phi) is 23.0. The first-order chi connectivity index (χ1) is 18.8. The van der Waals surface area contributed by atoms with Gasteiger partial charge in [-0.2, -0.15) is 0 Å². The van der Waals surface area contributed by atoms with E-state index in [1.165, 1.54) is 49.7 Å². The molecule has 12 nitrogen and oxygen atoms in total.